The Labute approximate surface area is 131 Å². The normalized spacial score (nSPS) is 17.4. The van der Waals surface area contributed by atoms with E-state index in [2.05, 4.69) is 31.7 Å². The van der Waals surface area contributed by atoms with Gasteiger partial charge in [0.2, 0.25) is 5.95 Å². The number of piperazine rings is 1. The summed E-state index contributed by atoms with van der Waals surface area (Å²) in [4.78, 5) is 27.1. The van der Waals surface area contributed by atoms with Crippen molar-refractivity contribution in [2.75, 3.05) is 31.1 Å². The van der Waals surface area contributed by atoms with Crippen LogP contribution in [0.1, 0.15) is 18.0 Å². The van der Waals surface area contributed by atoms with E-state index in [0.717, 1.165) is 31.2 Å². The van der Waals surface area contributed by atoms with Crippen molar-refractivity contribution in [1.82, 2.24) is 19.9 Å². The molecule has 0 aliphatic carbocycles. The van der Waals surface area contributed by atoms with Crippen LogP contribution in [0.25, 0.3) is 0 Å². The smallest absolute Gasteiger partial charge is 0.305 e. The first-order valence-electron chi connectivity index (χ1n) is 7.00. The second-order valence-electron chi connectivity index (χ2n) is 5.07. The highest BCUT2D eigenvalue weighted by Crippen LogP contribution is 2.24. The van der Waals surface area contributed by atoms with E-state index in [1.165, 1.54) is 12.4 Å². The molecule has 9 heteroatoms. The lowest BCUT2D eigenvalue weighted by atomic mass is 10.2. The molecule has 1 atom stereocenters. The first-order chi connectivity index (χ1) is 10.6. The van der Waals surface area contributed by atoms with Gasteiger partial charge < -0.3 is 4.90 Å². The van der Waals surface area contributed by atoms with Crippen LogP contribution in [0.2, 0.25) is 0 Å². The summed E-state index contributed by atoms with van der Waals surface area (Å²) in [5.74, 6) is 0.548. The van der Waals surface area contributed by atoms with Gasteiger partial charge in [0.1, 0.15) is 17.4 Å². The van der Waals surface area contributed by atoms with Crippen molar-refractivity contribution in [2.45, 2.75) is 13.0 Å². The van der Waals surface area contributed by atoms with Crippen molar-refractivity contribution in [2.24, 2.45) is 0 Å². The number of nitro groups is 1. The van der Waals surface area contributed by atoms with Gasteiger partial charge in [-0.25, -0.2) is 15.0 Å². The molecular weight excluding hydrogens is 304 g/mol. The Morgan fingerprint density at radius 1 is 1.23 bits per heavy atom. The Morgan fingerprint density at radius 2 is 1.91 bits per heavy atom. The van der Waals surface area contributed by atoms with Crippen molar-refractivity contribution >= 4 is 23.0 Å². The molecule has 8 nitrogen and oxygen atoms in total. The van der Waals surface area contributed by atoms with Crippen molar-refractivity contribution in [3.05, 3.63) is 39.1 Å². The fourth-order valence-corrected chi connectivity index (χ4v) is 3.21. The van der Waals surface area contributed by atoms with Crippen LogP contribution in [0.15, 0.2) is 24.0 Å². The highest BCUT2D eigenvalue weighted by molar-refractivity contribution is 7.09. The number of hydrogen-bond acceptors (Lipinski definition) is 8. The van der Waals surface area contributed by atoms with E-state index in [1.54, 1.807) is 11.3 Å². The Kier molecular flexibility index (Phi) is 4.25. The zero-order chi connectivity index (χ0) is 15.5. The van der Waals surface area contributed by atoms with Crippen LogP contribution in [0.5, 0.6) is 0 Å². The molecule has 3 heterocycles. The molecule has 0 radical (unpaired) electrons. The molecular formula is C13H16N6O2S. The highest BCUT2D eigenvalue weighted by atomic mass is 32.1. The van der Waals surface area contributed by atoms with Gasteiger partial charge in [-0.2, -0.15) is 0 Å². The molecule has 1 saturated heterocycles. The molecule has 0 saturated carbocycles. The monoisotopic (exact) mass is 320 g/mol. The van der Waals surface area contributed by atoms with Crippen LogP contribution in [0.3, 0.4) is 0 Å². The first-order valence-corrected chi connectivity index (χ1v) is 7.88. The second kappa shape index (κ2) is 6.32. The Hall–Kier alpha value is -2.13. The summed E-state index contributed by atoms with van der Waals surface area (Å²) in [6, 6.07) is 0.305. The molecule has 0 bridgehead atoms. The zero-order valence-corrected chi connectivity index (χ0v) is 12.9. The molecule has 1 aliphatic rings. The maximum absolute atomic E-state index is 10.6. The van der Waals surface area contributed by atoms with Crippen LogP contribution < -0.4 is 4.90 Å². The molecule has 0 spiro atoms. The lowest BCUT2D eigenvalue weighted by molar-refractivity contribution is -0.385. The minimum Gasteiger partial charge on any atom is -0.338 e. The van der Waals surface area contributed by atoms with Gasteiger partial charge in [0.05, 0.1) is 11.0 Å². The minimum atomic E-state index is -0.489. The third kappa shape index (κ3) is 3.04. The maximum atomic E-state index is 10.6. The van der Waals surface area contributed by atoms with Crippen LogP contribution in [-0.4, -0.2) is 51.0 Å². The average Bonchev–Trinajstić information content (AvgIpc) is 3.09. The van der Waals surface area contributed by atoms with Gasteiger partial charge in [0, 0.05) is 37.8 Å². The number of hydrogen-bond donors (Lipinski definition) is 0. The summed E-state index contributed by atoms with van der Waals surface area (Å²) in [7, 11) is 0. The van der Waals surface area contributed by atoms with E-state index in [0.29, 0.717) is 12.0 Å². The van der Waals surface area contributed by atoms with E-state index in [1.807, 2.05) is 11.6 Å². The summed E-state index contributed by atoms with van der Waals surface area (Å²) >= 11 is 1.67. The van der Waals surface area contributed by atoms with E-state index in [9.17, 15) is 10.1 Å². The zero-order valence-electron chi connectivity index (χ0n) is 12.1. The van der Waals surface area contributed by atoms with Gasteiger partial charge in [0.25, 0.3) is 0 Å². The molecule has 2 aromatic heterocycles. The van der Waals surface area contributed by atoms with E-state index in [-0.39, 0.29) is 5.69 Å². The molecule has 1 fully saturated rings. The largest absolute Gasteiger partial charge is 0.338 e. The fraction of sp³-hybridized carbons (Fsp3) is 0.462. The Balaban J connectivity index is 1.60. The van der Waals surface area contributed by atoms with Crippen LogP contribution in [-0.2, 0) is 0 Å². The van der Waals surface area contributed by atoms with Crippen molar-refractivity contribution in [1.29, 1.82) is 0 Å². The van der Waals surface area contributed by atoms with Gasteiger partial charge >= 0.3 is 5.69 Å². The molecule has 22 heavy (non-hydrogen) atoms. The second-order valence-corrected chi connectivity index (χ2v) is 5.99. The molecule has 0 N–H and O–H groups in total. The summed E-state index contributed by atoms with van der Waals surface area (Å²) in [5.41, 5.74) is -0.0835. The predicted octanol–water partition coefficient (Wildman–Crippen LogP) is 1.72. The quantitative estimate of drug-likeness (QED) is 0.626. The Bertz CT molecular complexity index is 624. The molecule has 3 rings (SSSR count). The summed E-state index contributed by atoms with van der Waals surface area (Å²) in [6.07, 6.45) is 4.34. The highest BCUT2D eigenvalue weighted by Gasteiger charge is 2.24. The van der Waals surface area contributed by atoms with Gasteiger partial charge in [-0.3, -0.25) is 15.0 Å². The summed E-state index contributed by atoms with van der Waals surface area (Å²) in [5, 5.41) is 13.7. The topological polar surface area (TPSA) is 88.3 Å². The SMILES string of the molecule is CC(c1nccs1)N1CCN(c2ncc([N+](=O)[O-])cn2)CC1. The summed E-state index contributed by atoms with van der Waals surface area (Å²) in [6.45, 7) is 5.54. The van der Waals surface area contributed by atoms with Crippen molar-refractivity contribution in [3.8, 4) is 0 Å². The molecule has 0 amide bonds. The van der Waals surface area contributed by atoms with Crippen LogP contribution in [0.4, 0.5) is 11.6 Å². The third-order valence-corrected chi connectivity index (χ3v) is 4.73. The maximum Gasteiger partial charge on any atom is 0.305 e. The average molecular weight is 320 g/mol. The molecule has 0 aromatic carbocycles. The van der Waals surface area contributed by atoms with Gasteiger partial charge in [0.15, 0.2) is 0 Å². The van der Waals surface area contributed by atoms with E-state index < -0.39 is 4.92 Å². The number of nitrogens with zero attached hydrogens (tertiary/aromatic N) is 6. The number of rotatable bonds is 4. The number of anilines is 1. The van der Waals surface area contributed by atoms with Crippen LogP contribution >= 0.6 is 11.3 Å². The van der Waals surface area contributed by atoms with Gasteiger partial charge in [-0.05, 0) is 6.92 Å². The summed E-state index contributed by atoms with van der Waals surface area (Å²) < 4.78 is 0. The number of thiazole rings is 1. The fourth-order valence-electron chi connectivity index (χ4n) is 2.48. The first kappa shape index (κ1) is 14.8. The molecule has 2 aromatic rings. The van der Waals surface area contributed by atoms with Crippen molar-refractivity contribution in [3.63, 3.8) is 0 Å². The number of aromatic nitrogens is 3. The lowest BCUT2D eigenvalue weighted by Gasteiger charge is -2.37. The van der Waals surface area contributed by atoms with E-state index >= 15 is 0 Å². The van der Waals surface area contributed by atoms with Crippen molar-refractivity contribution < 1.29 is 4.92 Å². The molecule has 1 unspecified atom stereocenters. The Morgan fingerprint density at radius 3 is 2.45 bits per heavy atom. The van der Waals surface area contributed by atoms with E-state index in [4.69, 9.17) is 0 Å². The third-order valence-electron chi connectivity index (χ3n) is 3.79. The minimum absolute atomic E-state index is 0.0835. The lowest BCUT2D eigenvalue weighted by Crippen LogP contribution is -2.47. The standard InChI is InChI=1S/C13H16N6O2S/c1-10(12-14-2-7-22-12)17-3-5-18(6-4-17)13-15-8-11(9-16-13)19(20)21/h2,7-10H,3-6H2,1H3. The molecule has 116 valence electrons. The van der Waals surface area contributed by atoms with Gasteiger partial charge in [-0.15, -0.1) is 11.3 Å². The predicted molar refractivity (Wildman–Crippen MR) is 83.0 cm³/mol. The van der Waals surface area contributed by atoms with Gasteiger partial charge in [-0.1, -0.05) is 0 Å². The molecule has 1 aliphatic heterocycles. The van der Waals surface area contributed by atoms with Crippen LogP contribution in [0, 0.1) is 10.1 Å².